The van der Waals surface area contributed by atoms with Gasteiger partial charge in [0, 0.05) is 32.4 Å². The van der Waals surface area contributed by atoms with Gasteiger partial charge in [0.2, 0.25) is 0 Å². The molecule has 5 heteroatoms. The van der Waals surface area contributed by atoms with E-state index in [2.05, 4.69) is 68.7 Å². The molecule has 0 saturated heterocycles. The second-order valence-corrected chi connectivity index (χ2v) is 6.77. The van der Waals surface area contributed by atoms with Crippen molar-refractivity contribution in [3.05, 3.63) is 23.9 Å². The topological polar surface area (TPSA) is 45.4 Å². The molecular formula is C16H31ClN4. The van der Waals surface area contributed by atoms with Gasteiger partial charge in [0.25, 0.3) is 0 Å². The molecule has 0 aliphatic heterocycles. The Bertz CT molecular complexity index is 403. The number of halogens is 1. The number of hydrogen-bond donors (Lipinski definition) is 1. The summed E-state index contributed by atoms with van der Waals surface area (Å²) in [6.45, 7) is 11.3. The molecule has 0 saturated carbocycles. The summed E-state index contributed by atoms with van der Waals surface area (Å²) in [5, 5.41) is 0. The number of anilines is 1. The van der Waals surface area contributed by atoms with E-state index in [0.29, 0.717) is 12.6 Å². The molecule has 0 atom stereocenters. The predicted octanol–water partition coefficient (Wildman–Crippen LogP) is 2.76. The molecule has 0 radical (unpaired) electrons. The zero-order chi connectivity index (χ0) is 15.3. The highest BCUT2D eigenvalue weighted by Gasteiger charge is 2.18. The van der Waals surface area contributed by atoms with Gasteiger partial charge in [-0.25, -0.2) is 4.98 Å². The number of nitrogens with zero attached hydrogens (tertiary/aromatic N) is 3. The molecule has 1 rings (SSSR count). The Morgan fingerprint density at radius 3 is 2.29 bits per heavy atom. The van der Waals surface area contributed by atoms with Crippen molar-refractivity contribution in [2.75, 3.05) is 32.1 Å². The largest absolute Gasteiger partial charge is 0.357 e. The summed E-state index contributed by atoms with van der Waals surface area (Å²) in [5.41, 5.74) is 7.17. The lowest BCUT2D eigenvalue weighted by Crippen LogP contribution is -2.36. The first kappa shape index (κ1) is 20.2. The molecule has 1 aromatic rings. The molecular weight excluding hydrogens is 284 g/mol. The fourth-order valence-electron chi connectivity index (χ4n) is 2.15. The maximum absolute atomic E-state index is 5.78. The van der Waals surface area contributed by atoms with Crippen LogP contribution in [-0.2, 0) is 6.54 Å². The van der Waals surface area contributed by atoms with Crippen LogP contribution in [0.2, 0.25) is 0 Å². The van der Waals surface area contributed by atoms with Crippen molar-refractivity contribution < 1.29 is 0 Å². The second kappa shape index (κ2) is 8.57. The zero-order valence-corrected chi connectivity index (χ0v) is 15.1. The molecule has 0 aliphatic carbocycles. The van der Waals surface area contributed by atoms with Gasteiger partial charge in [0.1, 0.15) is 5.82 Å². The zero-order valence-electron chi connectivity index (χ0n) is 14.3. The fourth-order valence-corrected chi connectivity index (χ4v) is 2.15. The van der Waals surface area contributed by atoms with Gasteiger partial charge in [-0.05, 0) is 44.5 Å². The first-order valence-electron chi connectivity index (χ1n) is 7.31. The Balaban J connectivity index is 0.00000400. The van der Waals surface area contributed by atoms with E-state index in [0.717, 1.165) is 18.9 Å². The van der Waals surface area contributed by atoms with Crippen LogP contribution in [0.3, 0.4) is 0 Å². The Kier molecular flexibility index (Phi) is 8.22. The Labute approximate surface area is 136 Å². The standard InChI is InChI=1S/C16H30N4.ClH/c1-13(2)20(6)15-8-7-14(9-18-15)10-19(5)12-16(3,4)11-17;/h7-9,13H,10-12,17H2,1-6H3;1H. The minimum atomic E-state index is 0. The van der Waals surface area contributed by atoms with E-state index in [1.54, 1.807) is 0 Å². The van der Waals surface area contributed by atoms with Crippen molar-refractivity contribution >= 4 is 18.2 Å². The van der Waals surface area contributed by atoms with Crippen LogP contribution in [0.1, 0.15) is 33.3 Å². The monoisotopic (exact) mass is 314 g/mol. The van der Waals surface area contributed by atoms with Crippen molar-refractivity contribution in [2.45, 2.75) is 40.3 Å². The molecule has 1 heterocycles. The third kappa shape index (κ3) is 6.64. The van der Waals surface area contributed by atoms with Crippen LogP contribution in [-0.4, -0.2) is 43.1 Å². The van der Waals surface area contributed by atoms with Gasteiger partial charge < -0.3 is 15.5 Å². The van der Waals surface area contributed by atoms with E-state index in [1.807, 2.05) is 6.20 Å². The number of hydrogen-bond acceptors (Lipinski definition) is 4. The van der Waals surface area contributed by atoms with E-state index in [4.69, 9.17) is 5.73 Å². The van der Waals surface area contributed by atoms with E-state index < -0.39 is 0 Å². The lowest BCUT2D eigenvalue weighted by Gasteiger charge is -2.29. The Hall–Kier alpha value is -0.840. The summed E-state index contributed by atoms with van der Waals surface area (Å²) in [6.07, 6.45) is 1.97. The molecule has 0 aromatic carbocycles. The van der Waals surface area contributed by atoms with E-state index in [-0.39, 0.29) is 17.8 Å². The van der Waals surface area contributed by atoms with Gasteiger partial charge in [-0.15, -0.1) is 12.4 Å². The van der Waals surface area contributed by atoms with Gasteiger partial charge in [-0.2, -0.15) is 0 Å². The van der Waals surface area contributed by atoms with Gasteiger partial charge in [0.15, 0.2) is 0 Å². The van der Waals surface area contributed by atoms with Crippen molar-refractivity contribution in [2.24, 2.45) is 11.1 Å². The number of rotatable bonds is 7. The van der Waals surface area contributed by atoms with E-state index in [9.17, 15) is 0 Å². The minimum absolute atomic E-state index is 0. The Morgan fingerprint density at radius 1 is 1.24 bits per heavy atom. The molecule has 0 spiro atoms. The van der Waals surface area contributed by atoms with Crippen molar-refractivity contribution in [1.29, 1.82) is 0 Å². The van der Waals surface area contributed by atoms with Crippen molar-refractivity contribution in [3.8, 4) is 0 Å². The molecule has 122 valence electrons. The molecule has 2 N–H and O–H groups in total. The van der Waals surface area contributed by atoms with Crippen molar-refractivity contribution in [1.82, 2.24) is 9.88 Å². The van der Waals surface area contributed by atoms with E-state index >= 15 is 0 Å². The average Bonchev–Trinajstić information content (AvgIpc) is 2.38. The first-order valence-corrected chi connectivity index (χ1v) is 7.31. The lowest BCUT2D eigenvalue weighted by molar-refractivity contribution is 0.210. The molecule has 21 heavy (non-hydrogen) atoms. The summed E-state index contributed by atoms with van der Waals surface area (Å²) in [5.74, 6) is 1.02. The molecule has 1 aromatic heterocycles. The Morgan fingerprint density at radius 2 is 1.86 bits per heavy atom. The summed E-state index contributed by atoms with van der Waals surface area (Å²) in [6, 6.07) is 4.71. The molecule has 0 aliphatic rings. The minimum Gasteiger partial charge on any atom is -0.357 e. The summed E-state index contributed by atoms with van der Waals surface area (Å²) in [4.78, 5) is 9.02. The normalized spacial score (nSPS) is 11.7. The van der Waals surface area contributed by atoms with Crippen LogP contribution in [0.5, 0.6) is 0 Å². The first-order chi connectivity index (χ1) is 9.25. The van der Waals surface area contributed by atoms with Crippen LogP contribution in [0.25, 0.3) is 0 Å². The third-order valence-electron chi connectivity index (χ3n) is 3.65. The number of aromatic nitrogens is 1. The van der Waals surface area contributed by atoms with Crippen LogP contribution in [0.15, 0.2) is 18.3 Å². The molecule has 0 unspecified atom stereocenters. The van der Waals surface area contributed by atoms with Gasteiger partial charge in [-0.3, -0.25) is 0 Å². The summed E-state index contributed by atoms with van der Waals surface area (Å²) in [7, 11) is 4.20. The highest BCUT2D eigenvalue weighted by molar-refractivity contribution is 5.85. The number of pyridine rings is 1. The second-order valence-electron chi connectivity index (χ2n) is 6.77. The maximum atomic E-state index is 5.78. The summed E-state index contributed by atoms with van der Waals surface area (Å²) >= 11 is 0. The molecule has 4 nitrogen and oxygen atoms in total. The quantitative estimate of drug-likeness (QED) is 0.840. The van der Waals surface area contributed by atoms with Crippen molar-refractivity contribution in [3.63, 3.8) is 0 Å². The van der Waals surface area contributed by atoms with Gasteiger partial charge >= 0.3 is 0 Å². The third-order valence-corrected chi connectivity index (χ3v) is 3.65. The maximum Gasteiger partial charge on any atom is 0.128 e. The van der Waals surface area contributed by atoms with Gasteiger partial charge in [-0.1, -0.05) is 19.9 Å². The predicted molar refractivity (Wildman–Crippen MR) is 94.2 cm³/mol. The van der Waals surface area contributed by atoms with Crippen LogP contribution in [0, 0.1) is 5.41 Å². The smallest absolute Gasteiger partial charge is 0.128 e. The SMILES string of the molecule is CC(C)N(C)c1ccc(CN(C)CC(C)(C)CN)cn1.Cl. The van der Waals surface area contributed by atoms with E-state index in [1.165, 1.54) is 5.56 Å². The summed E-state index contributed by atoms with van der Waals surface area (Å²) < 4.78 is 0. The average molecular weight is 315 g/mol. The van der Waals surface area contributed by atoms with Crippen LogP contribution >= 0.6 is 12.4 Å². The number of nitrogens with two attached hydrogens (primary N) is 1. The van der Waals surface area contributed by atoms with Crippen LogP contribution < -0.4 is 10.6 Å². The lowest BCUT2D eigenvalue weighted by atomic mass is 9.93. The van der Waals surface area contributed by atoms with Crippen LogP contribution in [0.4, 0.5) is 5.82 Å². The molecule has 0 amide bonds. The highest BCUT2D eigenvalue weighted by Crippen LogP contribution is 2.17. The molecule has 0 bridgehead atoms. The highest BCUT2D eigenvalue weighted by atomic mass is 35.5. The molecule has 0 fully saturated rings. The van der Waals surface area contributed by atoms with Gasteiger partial charge in [0.05, 0.1) is 0 Å². The fraction of sp³-hybridized carbons (Fsp3) is 0.688.